The van der Waals surface area contributed by atoms with E-state index >= 15 is 0 Å². The molecule has 158 valence electrons. The number of alkyl halides is 3. The Morgan fingerprint density at radius 1 is 0.933 bits per heavy atom. The van der Waals surface area contributed by atoms with Crippen molar-refractivity contribution >= 4 is 23.1 Å². The highest BCUT2D eigenvalue weighted by molar-refractivity contribution is 5.63. The van der Waals surface area contributed by atoms with Gasteiger partial charge in [0.1, 0.15) is 17.1 Å². The minimum absolute atomic E-state index is 0.00234. The van der Waals surface area contributed by atoms with Gasteiger partial charge in [0.05, 0.1) is 6.10 Å². The van der Waals surface area contributed by atoms with Crippen LogP contribution in [0.1, 0.15) is 31.9 Å². The molecule has 2 N–H and O–H groups in total. The van der Waals surface area contributed by atoms with E-state index in [0.717, 1.165) is 18.2 Å². The van der Waals surface area contributed by atoms with Crippen molar-refractivity contribution in [2.75, 3.05) is 10.6 Å². The van der Waals surface area contributed by atoms with E-state index in [1.165, 1.54) is 0 Å². The molecule has 0 amide bonds. The van der Waals surface area contributed by atoms with E-state index in [-0.39, 0.29) is 17.9 Å². The van der Waals surface area contributed by atoms with Gasteiger partial charge in [0, 0.05) is 17.6 Å². The first-order valence-electron chi connectivity index (χ1n) is 9.58. The molecule has 3 aromatic rings. The summed E-state index contributed by atoms with van der Waals surface area (Å²) in [6.45, 7) is 5.83. The van der Waals surface area contributed by atoms with Crippen LogP contribution in [0.4, 0.5) is 36.3 Å². The van der Waals surface area contributed by atoms with Crippen molar-refractivity contribution < 1.29 is 17.9 Å². The Balaban J connectivity index is 1.85. The zero-order chi connectivity index (χ0) is 21.7. The maximum absolute atomic E-state index is 13.4. The lowest BCUT2D eigenvalue weighted by Crippen LogP contribution is -2.12. The van der Waals surface area contributed by atoms with Crippen LogP contribution in [0.15, 0.2) is 54.7 Å². The molecule has 0 spiro atoms. The second-order valence-electron chi connectivity index (χ2n) is 6.95. The van der Waals surface area contributed by atoms with Crippen LogP contribution < -0.4 is 15.4 Å². The van der Waals surface area contributed by atoms with E-state index in [1.54, 1.807) is 24.3 Å². The van der Waals surface area contributed by atoms with Crippen molar-refractivity contribution in [2.45, 2.75) is 39.5 Å². The van der Waals surface area contributed by atoms with Crippen LogP contribution >= 0.6 is 0 Å². The topological polar surface area (TPSA) is 59.1 Å². The van der Waals surface area contributed by atoms with Crippen molar-refractivity contribution in [1.29, 1.82) is 0 Å². The third-order valence-electron chi connectivity index (χ3n) is 4.20. The van der Waals surface area contributed by atoms with Crippen LogP contribution in [0.2, 0.25) is 0 Å². The molecule has 0 unspecified atom stereocenters. The van der Waals surface area contributed by atoms with Gasteiger partial charge in [-0.3, -0.25) is 0 Å². The molecule has 0 fully saturated rings. The Hall–Kier alpha value is -3.29. The summed E-state index contributed by atoms with van der Waals surface area (Å²) in [6, 6.07) is 14.2. The zero-order valence-electron chi connectivity index (χ0n) is 16.9. The second-order valence-corrected chi connectivity index (χ2v) is 6.95. The Labute approximate surface area is 173 Å². The van der Waals surface area contributed by atoms with Crippen LogP contribution in [0.5, 0.6) is 5.75 Å². The van der Waals surface area contributed by atoms with E-state index < -0.39 is 11.7 Å². The predicted molar refractivity (Wildman–Crippen MR) is 112 cm³/mol. The number of hydrogen-bond acceptors (Lipinski definition) is 5. The molecule has 5 nitrogen and oxygen atoms in total. The highest BCUT2D eigenvalue weighted by Gasteiger charge is 2.35. The van der Waals surface area contributed by atoms with Gasteiger partial charge in [-0.2, -0.15) is 18.2 Å². The van der Waals surface area contributed by atoms with Gasteiger partial charge in [-0.1, -0.05) is 19.1 Å². The van der Waals surface area contributed by atoms with Crippen LogP contribution in [-0.2, 0) is 12.6 Å². The lowest BCUT2D eigenvalue weighted by atomic mass is 10.1. The van der Waals surface area contributed by atoms with Gasteiger partial charge in [0.25, 0.3) is 0 Å². The highest BCUT2D eigenvalue weighted by Crippen LogP contribution is 2.35. The van der Waals surface area contributed by atoms with E-state index in [1.807, 2.05) is 45.0 Å². The molecule has 0 atom stereocenters. The molecule has 30 heavy (non-hydrogen) atoms. The molecule has 0 aliphatic carbocycles. The lowest BCUT2D eigenvalue weighted by molar-refractivity contribution is -0.137. The molecule has 0 radical (unpaired) electrons. The molecular weight excluding hydrogens is 393 g/mol. The fourth-order valence-electron chi connectivity index (χ4n) is 2.72. The third-order valence-corrected chi connectivity index (χ3v) is 4.20. The van der Waals surface area contributed by atoms with Crippen molar-refractivity contribution in [1.82, 2.24) is 9.97 Å². The van der Waals surface area contributed by atoms with E-state index in [4.69, 9.17) is 4.74 Å². The number of aryl methyl sites for hydroxylation is 1. The quantitative estimate of drug-likeness (QED) is 0.471. The fourth-order valence-corrected chi connectivity index (χ4v) is 2.72. The second kappa shape index (κ2) is 9.02. The summed E-state index contributed by atoms with van der Waals surface area (Å²) in [5.74, 6) is 0.365. The average Bonchev–Trinajstić information content (AvgIpc) is 2.69. The van der Waals surface area contributed by atoms with Gasteiger partial charge in [0.15, 0.2) is 0 Å². The normalized spacial score (nSPS) is 11.4. The zero-order valence-corrected chi connectivity index (χ0v) is 16.9. The molecule has 0 aliphatic heterocycles. The van der Waals surface area contributed by atoms with Crippen molar-refractivity contribution in [3.05, 3.63) is 65.9 Å². The predicted octanol–water partition coefficient (Wildman–Crippen LogP) is 6.33. The van der Waals surface area contributed by atoms with Crippen LogP contribution in [0.3, 0.4) is 0 Å². The standard InChI is InChI=1S/C22H23F3N4O/c1-4-15-5-7-17(8-6-15)28-21-26-13-19(22(23,24)25)20(29-21)27-16-9-11-18(12-10-16)30-14(2)3/h5-14H,4H2,1-3H3,(H2,26,27,28,29). The molecular formula is C22H23F3N4O. The van der Waals surface area contributed by atoms with Gasteiger partial charge in [-0.05, 0) is 62.2 Å². The lowest BCUT2D eigenvalue weighted by Gasteiger charge is -2.15. The first-order chi connectivity index (χ1) is 14.2. The summed E-state index contributed by atoms with van der Waals surface area (Å²) in [5, 5.41) is 5.68. The Kier molecular flexibility index (Phi) is 6.44. The molecule has 0 saturated carbocycles. The number of hydrogen-bond donors (Lipinski definition) is 2. The Morgan fingerprint density at radius 2 is 1.53 bits per heavy atom. The van der Waals surface area contributed by atoms with Crippen LogP contribution in [-0.4, -0.2) is 16.1 Å². The van der Waals surface area contributed by atoms with Crippen LogP contribution in [0, 0.1) is 0 Å². The van der Waals surface area contributed by atoms with Crippen molar-refractivity contribution in [3.8, 4) is 5.75 Å². The molecule has 0 bridgehead atoms. The number of benzene rings is 2. The number of anilines is 4. The van der Waals surface area contributed by atoms with Gasteiger partial charge >= 0.3 is 6.18 Å². The van der Waals surface area contributed by atoms with Gasteiger partial charge < -0.3 is 15.4 Å². The molecule has 1 aromatic heterocycles. The Bertz CT molecular complexity index is 971. The number of nitrogens with zero attached hydrogens (tertiary/aromatic N) is 2. The third kappa shape index (κ3) is 5.62. The number of ether oxygens (including phenoxy) is 1. The average molecular weight is 416 g/mol. The number of halogens is 3. The summed E-state index contributed by atoms with van der Waals surface area (Å²) in [4.78, 5) is 7.89. The van der Waals surface area contributed by atoms with Gasteiger partial charge in [-0.15, -0.1) is 0 Å². The van der Waals surface area contributed by atoms with Crippen LogP contribution in [0.25, 0.3) is 0 Å². The smallest absolute Gasteiger partial charge is 0.421 e. The Morgan fingerprint density at radius 3 is 2.10 bits per heavy atom. The first-order valence-corrected chi connectivity index (χ1v) is 9.58. The minimum Gasteiger partial charge on any atom is -0.491 e. The number of nitrogens with one attached hydrogen (secondary N) is 2. The highest BCUT2D eigenvalue weighted by atomic mass is 19.4. The molecule has 8 heteroatoms. The molecule has 0 saturated heterocycles. The fraction of sp³-hybridized carbons (Fsp3) is 0.273. The maximum atomic E-state index is 13.4. The number of aromatic nitrogens is 2. The first kappa shape index (κ1) is 21.4. The maximum Gasteiger partial charge on any atom is 0.421 e. The van der Waals surface area contributed by atoms with Gasteiger partial charge in [0.2, 0.25) is 5.95 Å². The molecule has 3 rings (SSSR count). The van der Waals surface area contributed by atoms with Crippen molar-refractivity contribution in [3.63, 3.8) is 0 Å². The molecule has 0 aliphatic rings. The summed E-state index contributed by atoms with van der Waals surface area (Å²) in [6.07, 6.45) is -2.92. The summed E-state index contributed by atoms with van der Waals surface area (Å²) < 4.78 is 45.9. The summed E-state index contributed by atoms with van der Waals surface area (Å²) in [7, 11) is 0. The van der Waals surface area contributed by atoms with Gasteiger partial charge in [-0.25, -0.2) is 4.98 Å². The monoisotopic (exact) mass is 416 g/mol. The largest absolute Gasteiger partial charge is 0.491 e. The van der Waals surface area contributed by atoms with E-state index in [2.05, 4.69) is 20.6 Å². The number of rotatable bonds is 7. The summed E-state index contributed by atoms with van der Waals surface area (Å²) >= 11 is 0. The summed E-state index contributed by atoms with van der Waals surface area (Å²) in [5.41, 5.74) is 1.35. The van der Waals surface area contributed by atoms with E-state index in [0.29, 0.717) is 17.1 Å². The SMILES string of the molecule is CCc1ccc(Nc2ncc(C(F)(F)F)c(Nc3ccc(OC(C)C)cc3)n2)cc1. The molecule has 2 aromatic carbocycles. The minimum atomic E-state index is -4.59. The van der Waals surface area contributed by atoms with E-state index in [9.17, 15) is 13.2 Å². The molecule has 1 heterocycles. The van der Waals surface area contributed by atoms with Crippen molar-refractivity contribution in [2.24, 2.45) is 0 Å².